The minimum absolute atomic E-state index is 0.196. The van der Waals surface area contributed by atoms with Gasteiger partial charge in [0.2, 0.25) is 17.7 Å². The van der Waals surface area contributed by atoms with E-state index in [1.165, 1.54) is 5.56 Å². The molecule has 0 heterocycles. The predicted octanol–water partition coefficient (Wildman–Crippen LogP) is 2.37. The number of rotatable bonds is 13. The van der Waals surface area contributed by atoms with Gasteiger partial charge < -0.3 is 16.4 Å². The first kappa shape index (κ1) is 22.7. The second-order valence-corrected chi connectivity index (χ2v) is 6.98. The Balaban J connectivity index is 2.41. The van der Waals surface area contributed by atoms with Gasteiger partial charge in [0.15, 0.2) is 0 Å². The Labute approximate surface area is 162 Å². The summed E-state index contributed by atoms with van der Waals surface area (Å²) in [6.07, 6.45) is 6.03. The van der Waals surface area contributed by atoms with Crippen molar-refractivity contribution in [3.63, 3.8) is 0 Å². The van der Waals surface area contributed by atoms with Crippen LogP contribution < -0.4 is 16.4 Å². The van der Waals surface area contributed by atoms with E-state index >= 15 is 0 Å². The fourth-order valence-electron chi connectivity index (χ4n) is 2.77. The SMILES string of the molecule is CCCCCCCC(=O)N[C@H](CC(N)=O)C(=O)NCCc1ccc(C)cc1. The van der Waals surface area contributed by atoms with E-state index in [1.807, 2.05) is 31.2 Å². The molecular weight excluding hydrogens is 342 g/mol. The molecule has 0 aromatic heterocycles. The van der Waals surface area contributed by atoms with Gasteiger partial charge in [-0.3, -0.25) is 14.4 Å². The number of nitrogens with one attached hydrogen (secondary N) is 2. The molecule has 0 fully saturated rings. The minimum Gasteiger partial charge on any atom is -0.370 e. The lowest BCUT2D eigenvalue weighted by Gasteiger charge is -2.17. The molecule has 4 N–H and O–H groups in total. The number of carbonyl (C=O) groups is 3. The van der Waals surface area contributed by atoms with Crippen LogP contribution >= 0.6 is 0 Å². The maximum absolute atomic E-state index is 12.3. The molecule has 0 aliphatic rings. The molecule has 0 spiro atoms. The third-order valence-electron chi connectivity index (χ3n) is 4.40. The van der Waals surface area contributed by atoms with Crippen molar-refractivity contribution >= 4 is 17.7 Å². The van der Waals surface area contributed by atoms with Crippen molar-refractivity contribution in [3.05, 3.63) is 35.4 Å². The molecule has 1 aromatic carbocycles. The topological polar surface area (TPSA) is 101 Å². The second-order valence-electron chi connectivity index (χ2n) is 6.98. The Morgan fingerprint density at radius 1 is 1.04 bits per heavy atom. The molecule has 1 rings (SSSR count). The van der Waals surface area contributed by atoms with Crippen LogP contribution in [0.5, 0.6) is 0 Å². The van der Waals surface area contributed by atoms with Crippen LogP contribution in [-0.2, 0) is 20.8 Å². The van der Waals surface area contributed by atoms with Crippen LogP contribution in [0.4, 0.5) is 0 Å². The monoisotopic (exact) mass is 375 g/mol. The van der Waals surface area contributed by atoms with Crippen LogP contribution in [0.1, 0.15) is 63.0 Å². The summed E-state index contributed by atoms with van der Waals surface area (Å²) in [5.74, 6) is -1.20. The van der Waals surface area contributed by atoms with Crippen molar-refractivity contribution in [1.82, 2.24) is 10.6 Å². The maximum atomic E-state index is 12.3. The zero-order valence-corrected chi connectivity index (χ0v) is 16.6. The first-order valence-electron chi connectivity index (χ1n) is 9.83. The Bertz CT molecular complexity index is 599. The van der Waals surface area contributed by atoms with Crippen molar-refractivity contribution in [3.8, 4) is 0 Å². The smallest absolute Gasteiger partial charge is 0.243 e. The van der Waals surface area contributed by atoms with Crippen molar-refractivity contribution in [1.29, 1.82) is 0 Å². The molecule has 0 aliphatic carbocycles. The van der Waals surface area contributed by atoms with E-state index in [2.05, 4.69) is 17.6 Å². The van der Waals surface area contributed by atoms with Crippen LogP contribution in [0.3, 0.4) is 0 Å². The van der Waals surface area contributed by atoms with E-state index in [4.69, 9.17) is 5.73 Å². The molecule has 6 nitrogen and oxygen atoms in total. The number of primary amides is 1. The van der Waals surface area contributed by atoms with Gasteiger partial charge in [0.25, 0.3) is 0 Å². The Morgan fingerprint density at radius 3 is 2.33 bits per heavy atom. The molecule has 0 saturated heterocycles. The summed E-state index contributed by atoms with van der Waals surface area (Å²) in [5.41, 5.74) is 7.52. The number of aryl methyl sites for hydroxylation is 1. The molecule has 0 saturated carbocycles. The molecule has 6 heteroatoms. The second kappa shape index (κ2) is 12.9. The van der Waals surface area contributed by atoms with Crippen LogP contribution in [0.2, 0.25) is 0 Å². The van der Waals surface area contributed by atoms with E-state index in [0.29, 0.717) is 19.4 Å². The molecular formula is C21H33N3O3. The molecule has 150 valence electrons. The third-order valence-corrected chi connectivity index (χ3v) is 4.40. The lowest BCUT2D eigenvalue weighted by molar-refractivity contribution is -0.131. The first-order chi connectivity index (χ1) is 12.9. The van der Waals surface area contributed by atoms with E-state index in [0.717, 1.165) is 37.7 Å². The fourth-order valence-corrected chi connectivity index (χ4v) is 2.77. The van der Waals surface area contributed by atoms with E-state index in [1.54, 1.807) is 0 Å². The average molecular weight is 376 g/mol. The normalized spacial score (nSPS) is 11.6. The number of amides is 3. The highest BCUT2D eigenvalue weighted by atomic mass is 16.2. The predicted molar refractivity (Wildman–Crippen MR) is 107 cm³/mol. The molecule has 0 radical (unpaired) electrons. The molecule has 0 aliphatic heterocycles. The molecule has 0 unspecified atom stereocenters. The highest BCUT2D eigenvalue weighted by molar-refractivity contribution is 5.91. The number of nitrogens with two attached hydrogens (primary N) is 1. The number of unbranched alkanes of at least 4 members (excludes halogenated alkanes) is 4. The Kier molecular flexibility index (Phi) is 10.8. The van der Waals surface area contributed by atoms with Crippen molar-refractivity contribution in [2.24, 2.45) is 5.73 Å². The zero-order valence-electron chi connectivity index (χ0n) is 16.6. The Hall–Kier alpha value is -2.37. The number of hydrogen-bond acceptors (Lipinski definition) is 3. The van der Waals surface area contributed by atoms with Gasteiger partial charge in [0.05, 0.1) is 6.42 Å². The van der Waals surface area contributed by atoms with Crippen molar-refractivity contribution < 1.29 is 14.4 Å². The zero-order chi connectivity index (χ0) is 20.1. The minimum atomic E-state index is -0.913. The highest BCUT2D eigenvalue weighted by Crippen LogP contribution is 2.06. The first-order valence-corrected chi connectivity index (χ1v) is 9.83. The van der Waals surface area contributed by atoms with Gasteiger partial charge in [0, 0.05) is 13.0 Å². The molecule has 3 amide bonds. The van der Waals surface area contributed by atoms with Gasteiger partial charge >= 0.3 is 0 Å². The number of benzene rings is 1. The lowest BCUT2D eigenvalue weighted by Crippen LogP contribution is -2.48. The summed E-state index contributed by atoms with van der Waals surface area (Å²) in [5, 5.41) is 5.42. The quantitative estimate of drug-likeness (QED) is 0.461. The van der Waals surface area contributed by atoms with E-state index in [9.17, 15) is 14.4 Å². The Morgan fingerprint density at radius 2 is 1.70 bits per heavy atom. The molecule has 1 atom stereocenters. The summed E-state index contributed by atoms with van der Waals surface area (Å²) in [6.45, 7) is 4.59. The van der Waals surface area contributed by atoms with Gasteiger partial charge in [-0.25, -0.2) is 0 Å². The largest absolute Gasteiger partial charge is 0.370 e. The van der Waals surface area contributed by atoms with E-state index in [-0.39, 0.29) is 18.2 Å². The fraction of sp³-hybridized carbons (Fsp3) is 0.571. The van der Waals surface area contributed by atoms with Gasteiger partial charge in [-0.2, -0.15) is 0 Å². The summed E-state index contributed by atoms with van der Waals surface area (Å²) < 4.78 is 0. The average Bonchev–Trinajstić information content (AvgIpc) is 2.62. The van der Waals surface area contributed by atoms with Gasteiger partial charge in [-0.1, -0.05) is 62.4 Å². The number of carbonyl (C=O) groups excluding carboxylic acids is 3. The summed E-state index contributed by atoms with van der Waals surface area (Å²) in [6, 6.07) is 7.16. The van der Waals surface area contributed by atoms with Gasteiger partial charge in [0.1, 0.15) is 6.04 Å². The maximum Gasteiger partial charge on any atom is 0.243 e. The summed E-state index contributed by atoms with van der Waals surface area (Å²) >= 11 is 0. The molecule has 0 bridgehead atoms. The van der Waals surface area contributed by atoms with Crippen molar-refractivity contribution in [2.45, 2.75) is 71.3 Å². The number of hydrogen-bond donors (Lipinski definition) is 3. The summed E-state index contributed by atoms with van der Waals surface area (Å²) in [4.78, 5) is 35.6. The third kappa shape index (κ3) is 10.4. The van der Waals surface area contributed by atoms with Crippen LogP contribution in [0, 0.1) is 6.92 Å². The van der Waals surface area contributed by atoms with Crippen LogP contribution in [-0.4, -0.2) is 30.3 Å². The van der Waals surface area contributed by atoms with Crippen LogP contribution in [0.15, 0.2) is 24.3 Å². The van der Waals surface area contributed by atoms with Gasteiger partial charge in [-0.15, -0.1) is 0 Å². The highest BCUT2D eigenvalue weighted by Gasteiger charge is 2.22. The lowest BCUT2D eigenvalue weighted by atomic mass is 10.1. The summed E-state index contributed by atoms with van der Waals surface area (Å²) in [7, 11) is 0. The molecule has 27 heavy (non-hydrogen) atoms. The molecule has 1 aromatic rings. The van der Waals surface area contributed by atoms with E-state index < -0.39 is 11.9 Å². The van der Waals surface area contributed by atoms with Crippen LogP contribution in [0.25, 0.3) is 0 Å². The standard InChI is InChI=1S/C21H33N3O3/c1-3-4-5-6-7-8-20(26)24-18(15-19(22)25)21(27)23-14-13-17-11-9-16(2)10-12-17/h9-12,18H,3-8,13-15H2,1-2H3,(H2,22,25)(H,23,27)(H,24,26)/t18-/m1/s1. The van der Waals surface area contributed by atoms with Crippen molar-refractivity contribution in [2.75, 3.05) is 6.54 Å². The van der Waals surface area contributed by atoms with Gasteiger partial charge in [-0.05, 0) is 25.3 Å².